The number of sulfone groups is 1. The first-order valence-corrected chi connectivity index (χ1v) is 13.4. The van der Waals surface area contributed by atoms with Gasteiger partial charge < -0.3 is 19.5 Å². The summed E-state index contributed by atoms with van der Waals surface area (Å²) in [6.45, 7) is 8.80. The second-order valence-corrected chi connectivity index (χ2v) is 11.9. The Morgan fingerprint density at radius 2 is 1.86 bits per heavy atom. The van der Waals surface area contributed by atoms with Crippen LogP contribution in [0.25, 0.3) is 11.4 Å². The Kier molecular flexibility index (Phi) is 7.01. The normalized spacial score (nSPS) is 16.6. The molecule has 2 N–H and O–H groups in total. The van der Waals surface area contributed by atoms with E-state index < -0.39 is 20.6 Å². The van der Waals surface area contributed by atoms with Crippen molar-refractivity contribution in [2.45, 2.75) is 38.5 Å². The van der Waals surface area contributed by atoms with Crippen molar-refractivity contribution in [1.29, 1.82) is 0 Å². The predicted octanol–water partition coefficient (Wildman–Crippen LogP) is 3.59. The first-order valence-electron chi connectivity index (χ1n) is 11.5. The van der Waals surface area contributed by atoms with Gasteiger partial charge in [0, 0.05) is 36.2 Å². The summed E-state index contributed by atoms with van der Waals surface area (Å²) in [7, 11) is -3.46. The summed E-state index contributed by atoms with van der Waals surface area (Å²) in [5.74, 6) is 1.94. The van der Waals surface area contributed by atoms with Crippen molar-refractivity contribution in [1.82, 2.24) is 15.1 Å². The van der Waals surface area contributed by atoms with Gasteiger partial charge in [0.2, 0.25) is 0 Å². The average molecular weight is 515 g/mol. The van der Waals surface area contributed by atoms with Crippen molar-refractivity contribution in [2.75, 3.05) is 41.5 Å². The van der Waals surface area contributed by atoms with Gasteiger partial charge >= 0.3 is 6.03 Å². The minimum Gasteiger partial charge on any atom is -0.377 e. The van der Waals surface area contributed by atoms with Gasteiger partial charge in [-0.3, -0.25) is 5.32 Å². The van der Waals surface area contributed by atoms with E-state index in [0.717, 1.165) is 0 Å². The minimum absolute atomic E-state index is 0.0780. The zero-order chi connectivity index (χ0) is 26.1. The number of morpholine rings is 1. The van der Waals surface area contributed by atoms with Gasteiger partial charge in [-0.15, -0.1) is 0 Å². The van der Waals surface area contributed by atoms with Crippen LogP contribution in [-0.4, -0.2) is 61.6 Å². The molecule has 3 aromatic rings. The van der Waals surface area contributed by atoms with E-state index in [0.29, 0.717) is 59.9 Å². The lowest BCUT2D eigenvalue weighted by atomic mass is 10.1. The maximum Gasteiger partial charge on any atom is 0.324 e. The molecule has 0 bridgehead atoms. The molecule has 2 amide bonds. The number of aryl methyl sites for hydroxylation is 1. The van der Waals surface area contributed by atoms with E-state index >= 15 is 0 Å². The number of nitrogens with zero attached hydrogens (tertiary/aromatic N) is 4. The standard InChI is InChI=1S/C24H30N6O5S/c1-15-14-34-11-10-30(15)21-13-19(24(3,4)36(5,32)33)26-22(28-21)17-6-8-18(9-7-17)25-23(31)27-20-12-16(2)35-29-20/h6-9,12-13,15H,10-11,14H2,1-5H3,(H2,25,27,29,31)/t15-/m0/s1. The molecule has 0 unspecified atom stereocenters. The van der Waals surface area contributed by atoms with Crippen LogP contribution in [0.4, 0.5) is 22.1 Å². The number of carbonyl (C=O) groups excluding carboxylic acids is 1. The van der Waals surface area contributed by atoms with Crippen LogP contribution < -0.4 is 15.5 Å². The molecule has 0 saturated carbocycles. The molecule has 192 valence electrons. The van der Waals surface area contributed by atoms with Crippen LogP contribution >= 0.6 is 0 Å². The molecule has 3 heterocycles. The molecule has 1 aliphatic rings. The van der Waals surface area contributed by atoms with E-state index in [9.17, 15) is 13.2 Å². The second kappa shape index (κ2) is 9.86. The van der Waals surface area contributed by atoms with Gasteiger partial charge in [-0.1, -0.05) is 5.16 Å². The Morgan fingerprint density at radius 1 is 1.14 bits per heavy atom. The van der Waals surface area contributed by atoms with E-state index in [2.05, 4.69) is 25.7 Å². The fourth-order valence-corrected chi connectivity index (χ4v) is 4.17. The van der Waals surface area contributed by atoms with Gasteiger partial charge in [0.25, 0.3) is 0 Å². The summed E-state index contributed by atoms with van der Waals surface area (Å²) in [6, 6.07) is 9.96. The molecule has 1 aromatic carbocycles. The third kappa shape index (κ3) is 5.49. The molecule has 12 heteroatoms. The SMILES string of the molecule is Cc1cc(NC(=O)Nc2ccc(-c3nc(N4CCOC[C@@H]4C)cc(C(C)(C)S(C)(=O)=O)n3)cc2)no1. The number of rotatable bonds is 6. The molecule has 36 heavy (non-hydrogen) atoms. The lowest BCUT2D eigenvalue weighted by Gasteiger charge is -2.35. The van der Waals surface area contributed by atoms with Crippen molar-refractivity contribution in [3.63, 3.8) is 0 Å². The van der Waals surface area contributed by atoms with Gasteiger partial charge in [0.1, 0.15) is 16.3 Å². The zero-order valence-electron chi connectivity index (χ0n) is 20.9. The maximum atomic E-state index is 12.6. The molecule has 1 aliphatic heterocycles. The Morgan fingerprint density at radius 3 is 2.47 bits per heavy atom. The van der Waals surface area contributed by atoms with Crippen molar-refractivity contribution >= 4 is 33.2 Å². The fraction of sp³-hybridized carbons (Fsp3) is 0.417. The Bertz CT molecular complexity index is 1350. The zero-order valence-corrected chi connectivity index (χ0v) is 21.7. The van der Waals surface area contributed by atoms with Crippen LogP contribution in [-0.2, 0) is 19.3 Å². The van der Waals surface area contributed by atoms with Crippen LogP contribution in [0.2, 0.25) is 0 Å². The van der Waals surface area contributed by atoms with E-state index in [1.54, 1.807) is 57.2 Å². The van der Waals surface area contributed by atoms with Crippen LogP contribution in [0.3, 0.4) is 0 Å². The van der Waals surface area contributed by atoms with Gasteiger partial charge in [-0.25, -0.2) is 23.2 Å². The number of anilines is 3. The number of benzene rings is 1. The first kappa shape index (κ1) is 25.6. The fourth-order valence-electron chi connectivity index (χ4n) is 3.68. The largest absolute Gasteiger partial charge is 0.377 e. The molecular weight excluding hydrogens is 484 g/mol. The molecule has 0 radical (unpaired) electrons. The van der Waals surface area contributed by atoms with Crippen LogP contribution in [0.15, 0.2) is 40.9 Å². The highest BCUT2D eigenvalue weighted by atomic mass is 32.2. The molecule has 11 nitrogen and oxygen atoms in total. The topological polar surface area (TPSA) is 140 Å². The summed E-state index contributed by atoms with van der Waals surface area (Å²) < 4.78 is 34.4. The number of nitrogens with one attached hydrogen (secondary N) is 2. The van der Waals surface area contributed by atoms with Crippen LogP contribution in [0.1, 0.15) is 32.2 Å². The molecule has 1 atom stereocenters. The summed E-state index contributed by atoms with van der Waals surface area (Å²) in [5, 5.41) is 9.05. The number of carbonyl (C=O) groups is 1. The number of ether oxygens (including phenoxy) is 1. The number of hydrogen-bond donors (Lipinski definition) is 2. The molecule has 0 spiro atoms. The summed E-state index contributed by atoms with van der Waals surface area (Å²) in [4.78, 5) is 23.8. The van der Waals surface area contributed by atoms with Gasteiger partial charge in [0.05, 0.1) is 24.9 Å². The van der Waals surface area contributed by atoms with Gasteiger partial charge in [-0.2, -0.15) is 0 Å². The Labute approximate surface area is 210 Å². The third-order valence-electron chi connectivity index (χ3n) is 6.19. The Hall–Kier alpha value is -3.51. The molecular formula is C24H30N6O5S. The number of urea groups is 1. The molecule has 2 aromatic heterocycles. The molecule has 1 saturated heterocycles. The van der Waals surface area contributed by atoms with Crippen LogP contribution in [0.5, 0.6) is 0 Å². The number of hydrogen-bond acceptors (Lipinski definition) is 9. The Balaban J connectivity index is 1.63. The molecule has 4 rings (SSSR count). The van der Waals surface area contributed by atoms with E-state index in [-0.39, 0.29) is 6.04 Å². The highest BCUT2D eigenvalue weighted by molar-refractivity contribution is 7.91. The third-order valence-corrected chi connectivity index (χ3v) is 8.25. The van der Waals surface area contributed by atoms with Gasteiger partial charge in [-0.05, 0) is 52.0 Å². The maximum absolute atomic E-state index is 12.6. The van der Waals surface area contributed by atoms with Crippen molar-refractivity contribution in [3.8, 4) is 11.4 Å². The lowest BCUT2D eigenvalue weighted by Crippen LogP contribution is -2.44. The lowest BCUT2D eigenvalue weighted by molar-refractivity contribution is 0.0985. The monoisotopic (exact) mass is 514 g/mol. The summed E-state index contributed by atoms with van der Waals surface area (Å²) in [6.07, 6.45) is 1.21. The highest BCUT2D eigenvalue weighted by Gasteiger charge is 2.35. The number of aromatic nitrogens is 3. The highest BCUT2D eigenvalue weighted by Crippen LogP contribution is 2.32. The van der Waals surface area contributed by atoms with E-state index in [1.807, 2.05) is 6.92 Å². The second-order valence-electron chi connectivity index (χ2n) is 9.31. The van der Waals surface area contributed by atoms with E-state index in [1.165, 1.54) is 6.26 Å². The predicted molar refractivity (Wildman–Crippen MR) is 137 cm³/mol. The van der Waals surface area contributed by atoms with Crippen LogP contribution in [0, 0.1) is 6.92 Å². The molecule has 1 fully saturated rings. The van der Waals surface area contributed by atoms with Crippen molar-refractivity contribution in [2.24, 2.45) is 0 Å². The minimum atomic E-state index is -3.46. The number of amides is 2. The van der Waals surface area contributed by atoms with Crippen molar-refractivity contribution < 1.29 is 22.5 Å². The van der Waals surface area contributed by atoms with Crippen molar-refractivity contribution in [3.05, 3.63) is 47.9 Å². The van der Waals surface area contributed by atoms with E-state index in [4.69, 9.17) is 14.2 Å². The molecule has 0 aliphatic carbocycles. The summed E-state index contributed by atoms with van der Waals surface area (Å²) in [5.41, 5.74) is 1.64. The quantitative estimate of drug-likeness (QED) is 0.505. The average Bonchev–Trinajstić information content (AvgIpc) is 3.23. The smallest absolute Gasteiger partial charge is 0.324 e. The summed E-state index contributed by atoms with van der Waals surface area (Å²) >= 11 is 0. The first-order chi connectivity index (χ1) is 16.9. The van der Waals surface area contributed by atoms with Gasteiger partial charge in [0.15, 0.2) is 21.5 Å².